The largest absolute Gasteiger partial charge is 0.497 e. The molecule has 0 bridgehead atoms. The maximum absolute atomic E-state index is 12.4. The molecule has 0 aliphatic rings. The van der Waals surface area contributed by atoms with E-state index in [9.17, 15) is 4.79 Å². The summed E-state index contributed by atoms with van der Waals surface area (Å²) < 4.78 is 5.13. The first-order valence-corrected chi connectivity index (χ1v) is 6.63. The number of aryl methyl sites for hydroxylation is 2. The maximum atomic E-state index is 12.4. The Morgan fingerprint density at radius 3 is 2.76 bits per heavy atom. The van der Waals surface area contributed by atoms with Crippen molar-refractivity contribution in [3.63, 3.8) is 0 Å². The fourth-order valence-electron chi connectivity index (χ4n) is 1.93. The number of ether oxygens (including phenoxy) is 1. The summed E-state index contributed by atoms with van der Waals surface area (Å²) in [6, 6.07) is 6.82. The highest BCUT2D eigenvalue weighted by Crippen LogP contribution is 2.25. The zero-order chi connectivity index (χ0) is 15.4. The molecule has 110 valence electrons. The smallest absolute Gasteiger partial charge is 0.257 e. The van der Waals surface area contributed by atoms with Crippen LogP contribution in [0.25, 0.3) is 0 Å². The molecule has 1 aromatic carbocycles. The Bertz CT molecular complexity index is 671. The van der Waals surface area contributed by atoms with E-state index in [4.69, 9.17) is 10.5 Å². The van der Waals surface area contributed by atoms with Crippen molar-refractivity contribution in [2.75, 3.05) is 18.2 Å². The topological polar surface area (TPSA) is 90.1 Å². The molecule has 1 heterocycles. The first-order chi connectivity index (χ1) is 10.0. The van der Waals surface area contributed by atoms with Crippen LogP contribution in [0, 0.1) is 6.92 Å². The van der Waals surface area contributed by atoms with Crippen molar-refractivity contribution >= 4 is 17.3 Å². The molecule has 0 radical (unpaired) electrons. The van der Waals surface area contributed by atoms with E-state index < -0.39 is 0 Å². The van der Waals surface area contributed by atoms with E-state index in [1.54, 1.807) is 38.3 Å². The van der Waals surface area contributed by atoms with Crippen molar-refractivity contribution in [2.24, 2.45) is 0 Å². The van der Waals surface area contributed by atoms with E-state index in [-0.39, 0.29) is 5.91 Å². The van der Waals surface area contributed by atoms with Gasteiger partial charge < -0.3 is 15.8 Å². The lowest BCUT2D eigenvalue weighted by Crippen LogP contribution is -2.17. The number of nitrogen functional groups attached to an aromatic ring is 1. The second-order valence-corrected chi connectivity index (χ2v) is 4.61. The number of methoxy groups -OCH3 is 1. The first kappa shape index (κ1) is 14.8. The molecule has 6 heteroatoms. The molecule has 0 fully saturated rings. The molecule has 2 rings (SSSR count). The number of amides is 1. The molecule has 21 heavy (non-hydrogen) atoms. The Hall–Kier alpha value is -2.63. The lowest BCUT2D eigenvalue weighted by Gasteiger charge is -2.11. The minimum absolute atomic E-state index is 0.259. The van der Waals surface area contributed by atoms with Crippen molar-refractivity contribution in [3.8, 4) is 5.75 Å². The van der Waals surface area contributed by atoms with Gasteiger partial charge in [-0.05, 0) is 31.5 Å². The molecule has 0 aliphatic heterocycles. The highest BCUT2D eigenvalue weighted by atomic mass is 16.5. The Labute approximate surface area is 123 Å². The molecule has 0 saturated carbocycles. The number of aromatic nitrogens is 2. The van der Waals surface area contributed by atoms with Gasteiger partial charge in [-0.2, -0.15) is 10.2 Å². The molecular formula is C15H18N4O2. The summed E-state index contributed by atoms with van der Waals surface area (Å²) in [6.45, 7) is 3.72. The number of nitrogens with two attached hydrogens (primary N) is 1. The highest BCUT2D eigenvalue weighted by Gasteiger charge is 2.14. The summed E-state index contributed by atoms with van der Waals surface area (Å²) >= 11 is 0. The minimum Gasteiger partial charge on any atom is -0.497 e. The summed E-state index contributed by atoms with van der Waals surface area (Å²) in [5, 5.41) is 10.8. The van der Waals surface area contributed by atoms with Gasteiger partial charge in [0.05, 0.1) is 35.4 Å². The van der Waals surface area contributed by atoms with E-state index in [0.717, 1.165) is 0 Å². The summed E-state index contributed by atoms with van der Waals surface area (Å²) in [7, 11) is 1.56. The predicted molar refractivity (Wildman–Crippen MR) is 81.5 cm³/mol. The van der Waals surface area contributed by atoms with Gasteiger partial charge in [0.2, 0.25) is 0 Å². The number of anilines is 2. The highest BCUT2D eigenvalue weighted by molar-refractivity contribution is 6.06. The number of nitrogens with one attached hydrogen (secondary N) is 1. The lowest BCUT2D eigenvalue weighted by atomic mass is 10.1. The van der Waals surface area contributed by atoms with Crippen molar-refractivity contribution in [1.29, 1.82) is 0 Å². The third-order valence-corrected chi connectivity index (χ3v) is 3.08. The van der Waals surface area contributed by atoms with Crippen LogP contribution in [0.5, 0.6) is 5.75 Å². The minimum atomic E-state index is -0.259. The average molecular weight is 286 g/mol. The molecular weight excluding hydrogens is 268 g/mol. The Morgan fingerprint density at radius 1 is 1.33 bits per heavy atom. The zero-order valence-corrected chi connectivity index (χ0v) is 12.3. The van der Waals surface area contributed by atoms with Gasteiger partial charge >= 0.3 is 0 Å². The van der Waals surface area contributed by atoms with Gasteiger partial charge in [-0.3, -0.25) is 4.79 Å². The van der Waals surface area contributed by atoms with E-state index >= 15 is 0 Å². The van der Waals surface area contributed by atoms with Crippen LogP contribution >= 0.6 is 0 Å². The van der Waals surface area contributed by atoms with Gasteiger partial charge in [0.1, 0.15) is 5.75 Å². The van der Waals surface area contributed by atoms with Crippen LogP contribution in [0.3, 0.4) is 0 Å². The van der Waals surface area contributed by atoms with E-state index in [1.807, 2.05) is 6.92 Å². The number of carbonyl (C=O) groups excluding carboxylic acids is 1. The SMILES string of the molecule is CCc1nnc(C)cc1C(=O)Nc1cc(OC)ccc1N. The van der Waals surface area contributed by atoms with Crippen molar-refractivity contribution < 1.29 is 9.53 Å². The van der Waals surface area contributed by atoms with Crippen molar-refractivity contribution in [2.45, 2.75) is 20.3 Å². The fraction of sp³-hybridized carbons (Fsp3) is 0.267. The molecule has 2 aromatic rings. The number of rotatable bonds is 4. The monoisotopic (exact) mass is 286 g/mol. The summed E-state index contributed by atoms with van der Waals surface area (Å²) in [4.78, 5) is 12.4. The van der Waals surface area contributed by atoms with Gasteiger partial charge in [-0.15, -0.1) is 0 Å². The van der Waals surface area contributed by atoms with Gasteiger partial charge in [0.25, 0.3) is 5.91 Å². The normalized spacial score (nSPS) is 10.2. The van der Waals surface area contributed by atoms with Crippen LogP contribution in [-0.2, 0) is 6.42 Å². The number of hydrogen-bond donors (Lipinski definition) is 2. The molecule has 1 amide bonds. The summed E-state index contributed by atoms with van der Waals surface area (Å²) in [5.74, 6) is 0.365. The Kier molecular flexibility index (Phi) is 4.37. The summed E-state index contributed by atoms with van der Waals surface area (Å²) in [6.07, 6.45) is 0.629. The predicted octanol–water partition coefficient (Wildman–Crippen LogP) is 2.19. The standard InChI is InChI=1S/C15H18N4O2/c1-4-13-11(7-9(2)18-19-13)15(20)17-14-8-10(21-3)5-6-12(14)16/h5-8H,4,16H2,1-3H3,(H,17,20). The molecule has 3 N–H and O–H groups in total. The van der Waals surface area contributed by atoms with Crippen LogP contribution in [0.15, 0.2) is 24.3 Å². The fourth-order valence-corrected chi connectivity index (χ4v) is 1.93. The van der Waals surface area contributed by atoms with Crippen LogP contribution in [0.4, 0.5) is 11.4 Å². The van der Waals surface area contributed by atoms with Crippen LogP contribution < -0.4 is 15.8 Å². The van der Waals surface area contributed by atoms with Gasteiger partial charge in [-0.1, -0.05) is 6.92 Å². The third kappa shape index (κ3) is 3.28. The lowest BCUT2D eigenvalue weighted by molar-refractivity contribution is 0.102. The van der Waals surface area contributed by atoms with Gasteiger partial charge in [-0.25, -0.2) is 0 Å². The quantitative estimate of drug-likeness (QED) is 0.841. The third-order valence-electron chi connectivity index (χ3n) is 3.08. The second-order valence-electron chi connectivity index (χ2n) is 4.61. The second kappa shape index (κ2) is 6.21. The molecule has 0 unspecified atom stereocenters. The molecule has 0 spiro atoms. The number of nitrogens with zero attached hydrogens (tertiary/aromatic N) is 2. The molecule has 0 saturated heterocycles. The Morgan fingerprint density at radius 2 is 2.10 bits per heavy atom. The molecule has 1 aromatic heterocycles. The molecule has 0 aliphatic carbocycles. The zero-order valence-electron chi connectivity index (χ0n) is 12.3. The number of benzene rings is 1. The van der Waals surface area contributed by atoms with E-state index in [2.05, 4.69) is 15.5 Å². The van der Waals surface area contributed by atoms with Crippen LogP contribution in [0.1, 0.15) is 28.7 Å². The van der Waals surface area contributed by atoms with Crippen LogP contribution in [0.2, 0.25) is 0 Å². The summed E-state index contributed by atoms with van der Waals surface area (Å²) in [5.41, 5.74) is 8.71. The average Bonchev–Trinajstić information content (AvgIpc) is 2.49. The van der Waals surface area contributed by atoms with E-state index in [1.165, 1.54) is 0 Å². The number of hydrogen-bond acceptors (Lipinski definition) is 5. The van der Waals surface area contributed by atoms with Gasteiger partial charge in [0, 0.05) is 6.07 Å². The van der Waals surface area contributed by atoms with Crippen molar-refractivity contribution in [1.82, 2.24) is 10.2 Å². The number of carbonyl (C=O) groups is 1. The first-order valence-electron chi connectivity index (χ1n) is 6.63. The molecule has 6 nitrogen and oxygen atoms in total. The Balaban J connectivity index is 2.32. The van der Waals surface area contributed by atoms with Crippen molar-refractivity contribution in [3.05, 3.63) is 41.2 Å². The van der Waals surface area contributed by atoms with Crippen LogP contribution in [-0.4, -0.2) is 23.2 Å². The van der Waals surface area contributed by atoms with Gasteiger partial charge in [0.15, 0.2) is 0 Å². The molecule has 0 atom stereocenters. The van der Waals surface area contributed by atoms with E-state index in [0.29, 0.717) is 40.5 Å². The maximum Gasteiger partial charge on any atom is 0.257 e.